The van der Waals surface area contributed by atoms with E-state index in [1.165, 1.54) is 6.92 Å². The zero-order valence-electron chi connectivity index (χ0n) is 14.5. The standard InChI is InChI=1S/C19H17F3N2O3/c1-11(19(26)23-15-9-8-14(20)17(21)18(15)22)27-13-6-4-12(5-7-13)24-10-2-3-16(24)25/h4-9,11H,2-3,10H2,1H3,(H,23,26)/t11-/m1/s1. The van der Waals surface area contributed by atoms with Crippen molar-refractivity contribution in [1.82, 2.24) is 0 Å². The molecule has 1 N–H and O–H groups in total. The second-order valence-electron chi connectivity index (χ2n) is 6.12. The van der Waals surface area contributed by atoms with E-state index in [4.69, 9.17) is 4.74 Å². The minimum Gasteiger partial charge on any atom is -0.481 e. The van der Waals surface area contributed by atoms with Gasteiger partial charge in [-0.3, -0.25) is 9.59 Å². The van der Waals surface area contributed by atoms with Crippen molar-refractivity contribution >= 4 is 23.2 Å². The molecule has 142 valence electrons. The monoisotopic (exact) mass is 378 g/mol. The molecule has 0 unspecified atom stereocenters. The molecule has 1 fully saturated rings. The number of hydrogen-bond donors (Lipinski definition) is 1. The predicted octanol–water partition coefficient (Wildman–Crippen LogP) is 3.64. The maximum atomic E-state index is 13.6. The molecule has 1 aliphatic rings. The van der Waals surface area contributed by atoms with E-state index >= 15 is 0 Å². The van der Waals surface area contributed by atoms with Gasteiger partial charge >= 0.3 is 0 Å². The first kappa shape index (κ1) is 18.8. The van der Waals surface area contributed by atoms with Crippen LogP contribution in [-0.2, 0) is 9.59 Å². The number of carbonyl (C=O) groups excluding carboxylic acids is 2. The lowest BCUT2D eigenvalue weighted by molar-refractivity contribution is -0.122. The predicted molar refractivity (Wildman–Crippen MR) is 93.1 cm³/mol. The molecule has 0 spiro atoms. The molecular weight excluding hydrogens is 361 g/mol. The second-order valence-corrected chi connectivity index (χ2v) is 6.12. The van der Waals surface area contributed by atoms with Crippen molar-refractivity contribution in [2.24, 2.45) is 0 Å². The first-order valence-electron chi connectivity index (χ1n) is 8.38. The number of carbonyl (C=O) groups is 2. The zero-order chi connectivity index (χ0) is 19.6. The summed E-state index contributed by atoms with van der Waals surface area (Å²) < 4.78 is 45.3. The fourth-order valence-corrected chi connectivity index (χ4v) is 2.74. The number of amides is 2. The van der Waals surface area contributed by atoms with Gasteiger partial charge in [-0.05, 0) is 49.7 Å². The highest BCUT2D eigenvalue weighted by Crippen LogP contribution is 2.25. The summed E-state index contributed by atoms with van der Waals surface area (Å²) in [5.74, 6) is -4.77. The van der Waals surface area contributed by atoms with Crippen molar-refractivity contribution in [2.75, 3.05) is 16.8 Å². The van der Waals surface area contributed by atoms with Crippen LogP contribution in [0.4, 0.5) is 24.5 Å². The van der Waals surface area contributed by atoms with E-state index in [0.717, 1.165) is 24.2 Å². The SMILES string of the molecule is C[C@@H](Oc1ccc(N2CCCC2=O)cc1)C(=O)Nc1ccc(F)c(F)c1F. The smallest absolute Gasteiger partial charge is 0.265 e. The number of ether oxygens (including phenoxy) is 1. The maximum absolute atomic E-state index is 13.6. The van der Waals surface area contributed by atoms with Crippen molar-refractivity contribution < 1.29 is 27.5 Å². The number of nitrogens with zero attached hydrogens (tertiary/aromatic N) is 1. The molecule has 5 nitrogen and oxygen atoms in total. The summed E-state index contributed by atoms with van der Waals surface area (Å²) in [6.07, 6.45) is 0.321. The Morgan fingerprint density at radius 1 is 1.11 bits per heavy atom. The highest BCUT2D eigenvalue weighted by Gasteiger charge is 2.22. The number of halogens is 3. The normalized spacial score (nSPS) is 15.0. The molecule has 2 aromatic carbocycles. The Labute approximate surface area is 153 Å². The summed E-state index contributed by atoms with van der Waals surface area (Å²) in [7, 11) is 0. The van der Waals surface area contributed by atoms with Crippen LogP contribution in [0.2, 0.25) is 0 Å². The van der Waals surface area contributed by atoms with Gasteiger partial charge in [0.1, 0.15) is 5.75 Å². The first-order valence-corrected chi connectivity index (χ1v) is 8.38. The van der Waals surface area contributed by atoms with Crippen LogP contribution in [0, 0.1) is 17.5 Å². The summed E-state index contributed by atoms with van der Waals surface area (Å²) in [5.41, 5.74) is 0.267. The van der Waals surface area contributed by atoms with Crippen molar-refractivity contribution in [2.45, 2.75) is 25.9 Å². The van der Waals surface area contributed by atoms with Crippen LogP contribution in [0.15, 0.2) is 36.4 Å². The molecule has 2 amide bonds. The van der Waals surface area contributed by atoms with Crippen molar-refractivity contribution in [3.63, 3.8) is 0 Å². The van der Waals surface area contributed by atoms with Gasteiger partial charge < -0.3 is 15.0 Å². The average Bonchev–Trinajstić information content (AvgIpc) is 3.08. The fourth-order valence-electron chi connectivity index (χ4n) is 2.74. The topological polar surface area (TPSA) is 58.6 Å². The first-order chi connectivity index (χ1) is 12.9. The van der Waals surface area contributed by atoms with E-state index in [1.807, 2.05) is 0 Å². The van der Waals surface area contributed by atoms with Gasteiger partial charge in [-0.25, -0.2) is 13.2 Å². The van der Waals surface area contributed by atoms with Crippen LogP contribution in [0.3, 0.4) is 0 Å². The molecule has 8 heteroatoms. The Balaban J connectivity index is 1.63. The van der Waals surface area contributed by atoms with E-state index < -0.39 is 35.2 Å². The Hall–Kier alpha value is -3.03. The minimum atomic E-state index is -1.66. The molecule has 0 aromatic heterocycles. The molecule has 27 heavy (non-hydrogen) atoms. The van der Waals surface area contributed by atoms with Crippen LogP contribution in [0.1, 0.15) is 19.8 Å². The van der Waals surface area contributed by atoms with E-state index in [2.05, 4.69) is 5.32 Å². The van der Waals surface area contributed by atoms with Gasteiger partial charge in [-0.2, -0.15) is 0 Å². The number of rotatable bonds is 5. The molecule has 0 radical (unpaired) electrons. The highest BCUT2D eigenvalue weighted by molar-refractivity contribution is 5.95. The van der Waals surface area contributed by atoms with Crippen LogP contribution in [0.25, 0.3) is 0 Å². The van der Waals surface area contributed by atoms with Gasteiger partial charge in [-0.15, -0.1) is 0 Å². The molecule has 1 atom stereocenters. The fraction of sp³-hybridized carbons (Fsp3) is 0.263. The number of anilines is 2. The summed E-state index contributed by atoms with van der Waals surface area (Å²) in [6, 6.07) is 8.29. The molecule has 0 bridgehead atoms. The largest absolute Gasteiger partial charge is 0.481 e. The van der Waals surface area contributed by atoms with E-state index in [1.54, 1.807) is 29.2 Å². The van der Waals surface area contributed by atoms with Gasteiger partial charge in [0, 0.05) is 18.7 Å². The summed E-state index contributed by atoms with van der Waals surface area (Å²) >= 11 is 0. The molecule has 0 aliphatic carbocycles. The maximum Gasteiger partial charge on any atom is 0.265 e. The van der Waals surface area contributed by atoms with Gasteiger partial charge in [0.05, 0.1) is 5.69 Å². The molecule has 3 rings (SSSR count). The van der Waals surface area contributed by atoms with Crippen molar-refractivity contribution in [3.8, 4) is 5.75 Å². The molecule has 1 heterocycles. The van der Waals surface area contributed by atoms with Gasteiger partial charge in [0.25, 0.3) is 5.91 Å². The number of hydrogen-bond acceptors (Lipinski definition) is 3. The van der Waals surface area contributed by atoms with Crippen molar-refractivity contribution in [3.05, 3.63) is 53.8 Å². The lowest BCUT2D eigenvalue weighted by Gasteiger charge is -2.18. The Kier molecular flexibility index (Phi) is 5.34. The van der Waals surface area contributed by atoms with Gasteiger partial charge in [-0.1, -0.05) is 0 Å². The molecule has 1 aliphatic heterocycles. The van der Waals surface area contributed by atoms with Crippen molar-refractivity contribution in [1.29, 1.82) is 0 Å². The van der Waals surface area contributed by atoms with E-state index in [0.29, 0.717) is 18.7 Å². The van der Waals surface area contributed by atoms with Crippen LogP contribution >= 0.6 is 0 Å². The Bertz CT molecular complexity index is 871. The van der Waals surface area contributed by atoms with Crippen LogP contribution in [0.5, 0.6) is 5.75 Å². The highest BCUT2D eigenvalue weighted by atomic mass is 19.2. The van der Waals surface area contributed by atoms with Gasteiger partial charge in [0.2, 0.25) is 5.91 Å². The zero-order valence-corrected chi connectivity index (χ0v) is 14.5. The summed E-state index contributed by atoms with van der Waals surface area (Å²) in [5, 5.41) is 2.16. The Morgan fingerprint density at radius 2 is 1.81 bits per heavy atom. The summed E-state index contributed by atoms with van der Waals surface area (Å²) in [6.45, 7) is 2.10. The molecule has 0 saturated carbocycles. The molecule has 2 aromatic rings. The summed E-state index contributed by atoms with van der Waals surface area (Å²) in [4.78, 5) is 25.5. The number of benzene rings is 2. The average molecular weight is 378 g/mol. The third-order valence-corrected chi connectivity index (χ3v) is 4.20. The van der Waals surface area contributed by atoms with E-state index in [9.17, 15) is 22.8 Å². The van der Waals surface area contributed by atoms with Crippen LogP contribution in [-0.4, -0.2) is 24.5 Å². The van der Waals surface area contributed by atoms with E-state index in [-0.39, 0.29) is 5.91 Å². The quantitative estimate of drug-likeness (QED) is 0.809. The van der Waals surface area contributed by atoms with Crippen LogP contribution < -0.4 is 15.0 Å². The Morgan fingerprint density at radius 3 is 2.44 bits per heavy atom. The third kappa shape index (κ3) is 4.05. The lowest BCUT2D eigenvalue weighted by Crippen LogP contribution is -2.30. The second kappa shape index (κ2) is 7.69. The number of nitrogens with one attached hydrogen (secondary N) is 1. The minimum absolute atomic E-state index is 0.0602. The molecule has 1 saturated heterocycles. The molecular formula is C19H17F3N2O3. The lowest BCUT2D eigenvalue weighted by atomic mass is 10.2. The third-order valence-electron chi connectivity index (χ3n) is 4.20. The van der Waals surface area contributed by atoms with Gasteiger partial charge in [0.15, 0.2) is 23.6 Å².